The van der Waals surface area contributed by atoms with E-state index in [1.165, 1.54) is 12.2 Å². The van der Waals surface area contributed by atoms with Crippen LogP contribution >= 0.6 is 0 Å². The zero-order valence-electron chi connectivity index (χ0n) is 12.6. The van der Waals surface area contributed by atoms with Crippen LogP contribution in [0.25, 0.3) is 6.08 Å². The van der Waals surface area contributed by atoms with E-state index in [4.69, 9.17) is 4.74 Å². The van der Waals surface area contributed by atoms with Gasteiger partial charge in [0.1, 0.15) is 12.3 Å². The second kappa shape index (κ2) is 8.19. The van der Waals surface area contributed by atoms with Crippen LogP contribution in [0.3, 0.4) is 0 Å². The number of ether oxygens (including phenoxy) is 1. The molecule has 0 bridgehead atoms. The molecule has 0 atom stereocenters. The standard InChI is InChI=1S/C16H16F3N3O2/c17-16(18,19)14-13(10-21-22-14)8-4-5-9-20-15(23)24-11-12-6-2-1-3-7-12/h1-4,6-8,10H,5,9,11H2,(H,20,23)(H,21,22). The summed E-state index contributed by atoms with van der Waals surface area (Å²) in [6.07, 6.45) is -0.757. The number of hydrogen-bond acceptors (Lipinski definition) is 3. The normalized spacial score (nSPS) is 11.6. The van der Waals surface area contributed by atoms with Crippen LogP contribution in [0.4, 0.5) is 18.0 Å². The lowest BCUT2D eigenvalue weighted by Crippen LogP contribution is -2.24. The van der Waals surface area contributed by atoms with Crippen molar-refractivity contribution in [3.8, 4) is 0 Å². The molecule has 0 saturated carbocycles. The summed E-state index contributed by atoms with van der Waals surface area (Å²) in [6, 6.07) is 9.21. The molecule has 0 unspecified atom stereocenters. The average molecular weight is 339 g/mol. The Morgan fingerprint density at radius 1 is 1.29 bits per heavy atom. The van der Waals surface area contributed by atoms with Gasteiger partial charge in [0.05, 0.1) is 6.20 Å². The lowest BCUT2D eigenvalue weighted by Gasteiger charge is -2.06. The Hall–Kier alpha value is -2.77. The molecular weight excluding hydrogens is 323 g/mol. The summed E-state index contributed by atoms with van der Waals surface area (Å²) in [7, 11) is 0. The van der Waals surface area contributed by atoms with E-state index >= 15 is 0 Å². The van der Waals surface area contributed by atoms with E-state index in [0.29, 0.717) is 6.42 Å². The number of alkyl halides is 3. The van der Waals surface area contributed by atoms with Crippen molar-refractivity contribution < 1.29 is 22.7 Å². The van der Waals surface area contributed by atoms with E-state index in [1.807, 2.05) is 35.4 Å². The van der Waals surface area contributed by atoms with Crippen LogP contribution in [0, 0.1) is 0 Å². The van der Waals surface area contributed by atoms with Crippen molar-refractivity contribution >= 4 is 12.2 Å². The zero-order valence-corrected chi connectivity index (χ0v) is 12.6. The summed E-state index contributed by atoms with van der Waals surface area (Å²) in [5.41, 5.74) is -0.0738. The van der Waals surface area contributed by atoms with Crippen molar-refractivity contribution in [3.05, 3.63) is 59.4 Å². The van der Waals surface area contributed by atoms with E-state index in [9.17, 15) is 18.0 Å². The monoisotopic (exact) mass is 339 g/mol. The predicted octanol–water partition coefficient (Wildman–Crippen LogP) is 3.76. The Morgan fingerprint density at radius 2 is 2.04 bits per heavy atom. The van der Waals surface area contributed by atoms with Crippen molar-refractivity contribution in [2.24, 2.45) is 0 Å². The van der Waals surface area contributed by atoms with Gasteiger partial charge in [0, 0.05) is 12.1 Å². The number of nitrogens with one attached hydrogen (secondary N) is 2. The van der Waals surface area contributed by atoms with E-state index in [0.717, 1.165) is 11.8 Å². The van der Waals surface area contributed by atoms with Gasteiger partial charge in [-0.3, -0.25) is 5.10 Å². The summed E-state index contributed by atoms with van der Waals surface area (Å²) in [5, 5.41) is 7.82. The smallest absolute Gasteiger partial charge is 0.433 e. The van der Waals surface area contributed by atoms with Crippen molar-refractivity contribution in [2.75, 3.05) is 6.54 Å². The molecule has 1 amide bonds. The number of alkyl carbamates (subject to hydrolysis) is 1. The number of carbonyl (C=O) groups is 1. The van der Waals surface area contributed by atoms with Gasteiger partial charge in [-0.25, -0.2) is 4.79 Å². The number of benzene rings is 1. The van der Waals surface area contributed by atoms with Crippen molar-refractivity contribution in [1.29, 1.82) is 0 Å². The van der Waals surface area contributed by atoms with Gasteiger partial charge in [0.25, 0.3) is 0 Å². The van der Waals surface area contributed by atoms with Crippen molar-refractivity contribution in [2.45, 2.75) is 19.2 Å². The molecular formula is C16H16F3N3O2. The molecule has 0 aliphatic rings. The van der Waals surface area contributed by atoms with Gasteiger partial charge in [-0.2, -0.15) is 18.3 Å². The Labute approximate surface area is 136 Å². The first-order valence-corrected chi connectivity index (χ1v) is 7.18. The van der Waals surface area contributed by atoms with Gasteiger partial charge >= 0.3 is 12.3 Å². The van der Waals surface area contributed by atoms with Gasteiger partial charge in [-0.05, 0) is 12.0 Å². The Morgan fingerprint density at radius 3 is 2.75 bits per heavy atom. The topological polar surface area (TPSA) is 67.0 Å². The highest BCUT2D eigenvalue weighted by Crippen LogP contribution is 2.30. The van der Waals surface area contributed by atoms with Crippen LogP contribution in [0.1, 0.15) is 23.2 Å². The van der Waals surface area contributed by atoms with Crippen molar-refractivity contribution in [1.82, 2.24) is 15.5 Å². The number of halogens is 3. The average Bonchev–Trinajstić information content (AvgIpc) is 3.02. The number of aromatic amines is 1. The van der Waals surface area contributed by atoms with Crippen LogP contribution in [0.2, 0.25) is 0 Å². The number of hydrogen-bond donors (Lipinski definition) is 2. The number of nitrogens with zero attached hydrogens (tertiary/aromatic N) is 1. The Kier molecular flexibility index (Phi) is 6.00. The number of carbonyl (C=O) groups excluding carboxylic acids is 1. The molecule has 1 aromatic heterocycles. The minimum Gasteiger partial charge on any atom is -0.445 e. The maximum absolute atomic E-state index is 12.6. The third-order valence-corrected chi connectivity index (χ3v) is 3.04. The highest BCUT2D eigenvalue weighted by atomic mass is 19.4. The molecule has 2 aromatic rings. The third kappa shape index (κ3) is 5.45. The largest absolute Gasteiger partial charge is 0.445 e. The highest BCUT2D eigenvalue weighted by Gasteiger charge is 2.34. The fourth-order valence-corrected chi connectivity index (χ4v) is 1.89. The van der Waals surface area contributed by atoms with E-state index in [2.05, 4.69) is 10.4 Å². The number of aromatic nitrogens is 2. The van der Waals surface area contributed by atoms with Crippen LogP contribution in [0.15, 0.2) is 42.6 Å². The summed E-state index contributed by atoms with van der Waals surface area (Å²) < 4.78 is 42.8. The summed E-state index contributed by atoms with van der Waals surface area (Å²) >= 11 is 0. The van der Waals surface area contributed by atoms with Crippen LogP contribution in [-0.2, 0) is 17.5 Å². The SMILES string of the molecule is O=C(NCCC=Cc1cn[nH]c1C(F)(F)F)OCc1ccccc1. The summed E-state index contributed by atoms with van der Waals surface area (Å²) in [4.78, 5) is 11.5. The molecule has 1 aromatic carbocycles. The molecule has 128 valence electrons. The fourth-order valence-electron chi connectivity index (χ4n) is 1.89. The second-order valence-electron chi connectivity index (χ2n) is 4.88. The quantitative estimate of drug-likeness (QED) is 0.788. The fraction of sp³-hybridized carbons (Fsp3) is 0.250. The lowest BCUT2D eigenvalue weighted by molar-refractivity contribution is -0.141. The third-order valence-electron chi connectivity index (χ3n) is 3.04. The van der Waals surface area contributed by atoms with Crippen LogP contribution in [-0.4, -0.2) is 22.8 Å². The van der Waals surface area contributed by atoms with Gasteiger partial charge in [0.2, 0.25) is 0 Å². The molecule has 24 heavy (non-hydrogen) atoms. The molecule has 0 fully saturated rings. The summed E-state index contributed by atoms with van der Waals surface area (Å²) in [6.45, 7) is 0.413. The number of H-pyrrole nitrogens is 1. The number of rotatable bonds is 6. The Bertz CT molecular complexity index is 681. The summed E-state index contributed by atoms with van der Waals surface area (Å²) in [5.74, 6) is 0. The first-order valence-electron chi connectivity index (χ1n) is 7.18. The minimum atomic E-state index is -4.48. The molecule has 0 radical (unpaired) electrons. The molecule has 0 saturated heterocycles. The van der Waals surface area contributed by atoms with Gasteiger partial charge in [-0.1, -0.05) is 42.5 Å². The maximum Gasteiger partial charge on any atom is 0.433 e. The molecule has 8 heteroatoms. The van der Waals surface area contributed by atoms with E-state index in [-0.39, 0.29) is 18.7 Å². The number of amides is 1. The lowest BCUT2D eigenvalue weighted by atomic mass is 10.2. The van der Waals surface area contributed by atoms with Gasteiger partial charge < -0.3 is 10.1 Å². The minimum absolute atomic E-state index is 0.0471. The molecule has 0 spiro atoms. The molecule has 0 aliphatic heterocycles. The van der Waals surface area contributed by atoms with Gasteiger partial charge in [-0.15, -0.1) is 0 Å². The molecule has 5 nitrogen and oxygen atoms in total. The second-order valence-corrected chi connectivity index (χ2v) is 4.88. The van der Waals surface area contributed by atoms with Crippen LogP contribution in [0.5, 0.6) is 0 Å². The molecule has 2 N–H and O–H groups in total. The van der Waals surface area contributed by atoms with Crippen LogP contribution < -0.4 is 5.32 Å². The highest BCUT2D eigenvalue weighted by molar-refractivity contribution is 5.67. The maximum atomic E-state index is 12.6. The Balaban J connectivity index is 1.69. The van der Waals surface area contributed by atoms with Gasteiger partial charge in [0.15, 0.2) is 0 Å². The van der Waals surface area contributed by atoms with E-state index < -0.39 is 18.0 Å². The van der Waals surface area contributed by atoms with Crippen molar-refractivity contribution in [3.63, 3.8) is 0 Å². The molecule has 1 heterocycles. The molecule has 2 rings (SSSR count). The first kappa shape index (κ1) is 17.6. The van der Waals surface area contributed by atoms with E-state index in [1.54, 1.807) is 0 Å². The predicted molar refractivity (Wildman–Crippen MR) is 81.9 cm³/mol. The zero-order chi connectivity index (χ0) is 17.4. The first-order chi connectivity index (χ1) is 11.5. The molecule has 0 aliphatic carbocycles.